The number of nitrogens with zero attached hydrogens (tertiary/aromatic N) is 1. The molecule has 0 fully saturated rings. The van der Waals surface area contributed by atoms with Crippen molar-refractivity contribution >= 4 is 11.9 Å². The lowest BCUT2D eigenvalue weighted by atomic mass is 10.2. The average Bonchev–Trinajstić information content (AvgIpc) is 2.16. The monoisotopic (exact) mass is 229 g/mol. The van der Waals surface area contributed by atoms with E-state index in [1.807, 2.05) is 6.92 Å². The van der Waals surface area contributed by atoms with E-state index in [1.54, 1.807) is 0 Å². The zero-order chi connectivity index (χ0) is 12.9. The van der Waals surface area contributed by atoms with Gasteiger partial charge in [-0.1, -0.05) is 13.5 Å². The fourth-order valence-electron chi connectivity index (χ4n) is 1.09. The third-order valence-corrected chi connectivity index (χ3v) is 2.18. The fourth-order valence-corrected chi connectivity index (χ4v) is 1.09. The number of aliphatic hydroxyl groups is 1. The SMILES string of the molecule is C=C(C)C(=O)OC(O)(CCC)N(C)C(C)=O. The molecule has 0 aromatic rings. The maximum Gasteiger partial charge on any atom is 0.336 e. The molecule has 0 aliphatic rings. The minimum absolute atomic E-state index is 0.155. The number of carbonyl (C=O) groups excluding carboxylic acids is 2. The molecule has 0 rings (SSSR count). The molecule has 0 aliphatic heterocycles. The number of hydrogen-bond donors (Lipinski definition) is 1. The van der Waals surface area contributed by atoms with Gasteiger partial charge < -0.3 is 9.84 Å². The molecule has 5 nitrogen and oxygen atoms in total. The maximum absolute atomic E-state index is 11.3. The van der Waals surface area contributed by atoms with E-state index in [4.69, 9.17) is 4.74 Å². The lowest BCUT2D eigenvalue weighted by molar-refractivity contribution is -0.266. The van der Waals surface area contributed by atoms with E-state index in [9.17, 15) is 14.7 Å². The molecule has 0 aliphatic carbocycles. The Hall–Kier alpha value is -1.36. The van der Waals surface area contributed by atoms with Crippen LogP contribution in [0.2, 0.25) is 0 Å². The lowest BCUT2D eigenvalue weighted by Gasteiger charge is -2.35. The number of esters is 1. The molecule has 1 amide bonds. The van der Waals surface area contributed by atoms with Gasteiger partial charge in [-0.15, -0.1) is 0 Å². The Kier molecular flexibility index (Phi) is 5.17. The van der Waals surface area contributed by atoms with Gasteiger partial charge >= 0.3 is 5.97 Å². The first kappa shape index (κ1) is 14.6. The number of rotatable bonds is 5. The minimum Gasteiger partial charge on any atom is -0.410 e. The quantitative estimate of drug-likeness (QED) is 0.434. The third-order valence-electron chi connectivity index (χ3n) is 2.18. The molecule has 0 aromatic heterocycles. The molecule has 0 saturated heterocycles. The topological polar surface area (TPSA) is 66.8 Å². The van der Waals surface area contributed by atoms with Gasteiger partial charge in [-0.2, -0.15) is 0 Å². The molecule has 0 aromatic carbocycles. The van der Waals surface area contributed by atoms with Crippen LogP contribution in [0.15, 0.2) is 12.2 Å². The second kappa shape index (κ2) is 5.65. The van der Waals surface area contributed by atoms with Crippen LogP contribution >= 0.6 is 0 Å². The van der Waals surface area contributed by atoms with Crippen molar-refractivity contribution in [3.63, 3.8) is 0 Å². The second-order valence-electron chi connectivity index (χ2n) is 3.74. The maximum atomic E-state index is 11.3. The van der Waals surface area contributed by atoms with E-state index < -0.39 is 11.9 Å². The molecule has 0 spiro atoms. The lowest BCUT2D eigenvalue weighted by Crippen LogP contribution is -2.52. The van der Waals surface area contributed by atoms with Gasteiger partial charge in [0.25, 0.3) is 5.91 Å². The first-order chi connectivity index (χ1) is 7.24. The molecule has 5 heteroatoms. The van der Waals surface area contributed by atoms with E-state index in [0.29, 0.717) is 6.42 Å². The second-order valence-corrected chi connectivity index (χ2v) is 3.74. The molecule has 0 heterocycles. The van der Waals surface area contributed by atoms with Crippen LogP contribution in [0.3, 0.4) is 0 Å². The highest BCUT2D eigenvalue weighted by atomic mass is 16.7. The molecule has 1 N–H and O–H groups in total. The Balaban J connectivity index is 4.88. The van der Waals surface area contributed by atoms with Crippen LogP contribution < -0.4 is 0 Å². The largest absolute Gasteiger partial charge is 0.410 e. The van der Waals surface area contributed by atoms with Gasteiger partial charge in [0.2, 0.25) is 5.91 Å². The highest BCUT2D eigenvalue weighted by Gasteiger charge is 2.37. The minimum atomic E-state index is -1.89. The van der Waals surface area contributed by atoms with E-state index in [0.717, 1.165) is 4.90 Å². The summed E-state index contributed by atoms with van der Waals surface area (Å²) in [5, 5.41) is 10.1. The number of amides is 1. The van der Waals surface area contributed by atoms with Crippen molar-refractivity contribution in [1.82, 2.24) is 4.90 Å². The zero-order valence-corrected chi connectivity index (χ0v) is 10.2. The van der Waals surface area contributed by atoms with Crippen LogP contribution in [-0.4, -0.2) is 34.8 Å². The summed E-state index contributed by atoms with van der Waals surface area (Å²) in [7, 11) is 1.38. The predicted molar refractivity (Wildman–Crippen MR) is 59.2 cm³/mol. The first-order valence-corrected chi connectivity index (χ1v) is 5.10. The van der Waals surface area contributed by atoms with Crippen molar-refractivity contribution in [2.45, 2.75) is 39.5 Å². The highest BCUT2D eigenvalue weighted by molar-refractivity contribution is 5.87. The van der Waals surface area contributed by atoms with Crippen molar-refractivity contribution in [3.8, 4) is 0 Å². The highest BCUT2D eigenvalue weighted by Crippen LogP contribution is 2.20. The summed E-state index contributed by atoms with van der Waals surface area (Å²) in [4.78, 5) is 23.5. The van der Waals surface area contributed by atoms with Gasteiger partial charge in [0.1, 0.15) is 0 Å². The number of hydrogen-bond acceptors (Lipinski definition) is 4. The van der Waals surface area contributed by atoms with Gasteiger partial charge in [-0.3, -0.25) is 9.69 Å². The van der Waals surface area contributed by atoms with Crippen molar-refractivity contribution in [2.75, 3.05) is 7.05 Å². The van der Waals surface area contributed by atoms with Crippen LogP contribution in [0, 0.1) is 0 Å². The van der Waals surface area contributed by atoms with Crippen molar-refractivity contribution in [1.29, 1.82) is 0 Å². The summed E-state index contributed by atoms with van der Waals surface area (Å²) in [5.74, 6) is -2.99. The summed E-state index contributed by atoms with van der Waals surface area (Å²) in [6, 6.07) is 0. The van der Waals surface area contributed by atoms with Gasteiger partial charge in [0, 0.05) is 26.0 Å². The Morgan fingerprint density at radius 3 is 2.25 bits per heavy atom. The van der Waals surface area contributed by atoms with Crippen LogP contribution in [0.1, 0.15) is 33.6 Å². The van der Waals surface area contributed by atoms with E-state index in [2.05, 4.69) is 6.58 Å². The zero-order valence-electron chi connectivity index (χ0n) is 10.2. The van der Waals surface area contributed by atoms with Crippen molar-refractivity contribution in [3.05, 3.63) is 12.2 Å². The first-order valence-electron chi connectivity index (χ1n) is 5.10. The van der Waals surface area contributed by atoms with Gasteiger partial charge in [-0.05, 0) is 13.3 Å². The Labute approximate surface area is 95.7 Å². The molecule has 16 heavy (non-hydrogen) atoms. The molecule has 1 atom stereocenters. The van der Waals surface area contributed by atoms with E-state index in [-0.39, 0.29) is 17.9 Å². The Morgan fingerprint density at radius 2 is 1.94 bits per heavy atom. The molecular formula is C11H19NO4. The van der Waals surface area contributed by atoms with Crippen molar-refractivity contribution in [2.24, 2.45) is 0 Å². The van der Waals surface area contributed by atoms with Crippen molar-refractivity contribution < 1.29 is 19.4 Å². The molecule has 1 unspecified atom stereocenters. The van der Waals surface area contributed by atoms with E-state index >= 15 is 0 Å². The van der Waals surface area contributed by atoms with Crippen LogP contribution in [0.25, 0.3) is 0 Å². The predicted octanol–water partition coefficient (Wildman–Crippen LogP) is 1.03. The number of carbonyl (C=O) groups is 2. The summed E-state index contributed by atoms with van der Waals surface area (Å²) in [5.41, 5.74) is 0.173. The molecule has 0 saturated carbocycles. The summed E-state index contributed by atoms with van der Waals surface area (Å²) >= 11 is 0. The van der Waals surface area contributed by atoms with Gasteiger partial charge in [0.15, 0.2) is 0 Å². The Bertz CT molecular complexity index is 300. The van der Waals surface area contributed by atoms with Crippen LogP contribution in [-0.2, 0) is 14.3 Å². The summed E-state index contributed by atoms with van der Waals surface area (Å²) in [6.07, 6.45) is 0.722. The third kappa shape index (κ3) is 3.66. The normalized spacial score (nSPS) is 13.8. The van der Waals surface area contributed by atoms with Gasteiger partial charge in [0.05, 0.1) is 0 Å². The average molecular weight is 229 g/mol. The smallest absolute Gasteiger partial charge is 0.336 e. The summed E-state index contributed by atoms with van der Waals surface area (Å²) in [6.45, 7) is 7.99. The molecular weight excluding hydrogens is 210 g/mol. The Morgan fingerprint density at radius 1 is 1.44 bits per heavy atom. The summed E-state index contributed by atoms with van der Waals surface area (Å²) < 4.78 is 4.89. The molecule has 0 radical (unpaired) electrons. The molecule has 92 valence electrons. The van der Waals surface area contributed by atoms with Gasteiger partial charge in [-0.25, -0.2) is 4.79 Å². The van der Waals surface area contributed by atoms with Crippen LogP contribution in [0.4, 0.5) is 0 Å². The molecule has 0 bridgehead atoms. The van der Waals surface area contributed by atoms with E-state index in [1.165, 1.54) is 20.9 Å². The van der Waals surface area contributed by atoms with Crippen LogP contribution in [0.5, 0.6) is 0 Å². The fraction of sp³-hybridized carbons (Fsp3) is 0.636. The standard InChI is InChI=1S/C11H19NO4/c1-6-7-11(15,12(5)9(4)13)16-10(14)8(2)3/h15H,2,6-7H2,1,3-5H3. The number of ether oxygens (including phenoxy) is 1.